The Bertz CT molecular complexity index is 1070. The van der Waals surface area contributed by atoms with Crippen LogP contribution in [0.1, 0.15) is 29.8 Å². The summed E-state index contributed by atoms with van der Waals surface area (Å²) in [6.45, 7) is 4.47. The summed E-state index contributed by atoms with van der Waals surface area (Å²) in [6, 6.07) is 9.60. The van der Waals surface area contributed by atoms with Crippen LogP contribution in [0.2, 0.25) is 0 Å². The first-order valence-electron chi connectivity index (χ1n) is 9.12. The van der Waals surface area contributed by atoms with Crippen LogP contribution in [0.15, 0.2) is 50.8 Å². The Labute approximate surface area is 186 Å². The summed E-state index contributed by atoms with van der Waals surface area (Å²) in [7, 11) is 0. The van der Waals surface area contributed by atoms with Gasteiger partial charge in [-0.1, -0.05) is 6.07 Å². The summed E-state index contributed by atoms with van der Waals surface area (Å²) in [6.07, 6.45) is 1.71. The van der Waals surface area contributed by atoms with Crippen molar-refractivity contribution < 1.29 is 24.5 Å². The fourth-order valence-electron chi connectivity index (χ4n) is 2.78. The number of phenols is 1. The molecule has 0 aromatic heterocycles. The predicted molar refractivity (Wildman–Crippen MR) is 120 cm³/mol. The lowest BCUT2D eigenvalue weighted by Gasteiger charge is -2.12. The maximum atomic E-state index is 12.8. The standard InChI is InChI=1S/C21H19BrN2O5S/c1-3-24-19(26)17(10-12-8-15(22)18(25)16(9-12)29-4-2)30-21(24)23-14-7-5-6-13(11-14)20(27)28/h5-11,25H,3-4H2,1-2H3,(H,27,28)/b17-10-,23-21?. The normalized spacial score (nSPS) is 16.5. The number of hydrogen-bond acceptors (Lipinski definition) is 6. The minimum atomic E-state index is -1.04. The first kappa shape index (κ1) is 21.9. The Morgan fingerprint density at radius 3 is 2.73 bits per heavy atom. The van der Waals surface area contributed by atoms with Gasteiger partial charge in [-0.2, -0.15) is 0 Å². The zero-order valence-corrected chi connectivity index (χ0v) is 18.7. The molecule has 0 saturated carbocycles. The van der Waals surface area contributed by atoms with Gasteiger partial charge in [0.25, 0.3) is 5.91 Å². The average Bonchev–Trinajstić information content (AvgIpc) is 3.00. The van der Waals surface area contributed by atoms with Gasteiger partial charge in [-0.05, 0) is 83.5 Å². The van der Waals surface area contributed by atoms with Crippen LogP contribution in [0.3, 0.4) is 0 Å². The number of thioether (sulfide) groups is 1. The summed E-state index contributed by atoms with van der Waals surface area (Å²) < 4.78 is 5.90. The van der Waals surface area contributed by atoms with Gasteiger partial charge in [0, 0.05) is 6.54 Å². The molecule has 1 saturated heterocycles. The SMILES string of the molecule is CCOc1cc(/C=C2\SC(=Nc3cccc(C(=O)O)c3)N(CC)C2=O)cc(Br)c1O. The molecule has 0 atom stereocenters. The maximum Gasteiger partial charge on any atom is 0.335 e. The first-order valence-corrected chi connectivity index (χ1v) is 10.7. The third-order valence-corrected chi connectivity index (χ3v) is 5.78. The highest BCUT2D eigenvalue weighted by Crippen LogP contribution is 2.38. The fourth-order valence-corrected chi connectivity index (χ4v) is 4.31. The lowest BCUT2D eigenvalue weighted by atomic mass is 10.2. The van der Waals surface area contributed by atoms with E-state index in [9.17, 15) is 14.7 Å². The van der Waals surface area contributed by atoms with Crippen LogP contribution in [-0.4, -0.2) is 45.3 Å². The molecule has 1 aliphatic rings. The molecule has 0 unspecified atom stereocenters. The van der Waals surface area contributed by atoms with Crippen molar-refractivity contribution in [1.82, 2.24) is 4.90 Å². The fraction of sp³-hybridized carbons (Fsp3) is 0.190. The molecule has 1 aliphatic heterocycles. The van der Waals surface area contributed by atoms with E-state index in [4.69, 9.17) is 9.84 Å². The molecule has 156 valence electrons. The molecule has 1 heterocycles. The number of carbonyl (C=O) groups is 2. The van der Waals surface area contributed by atoms with Crippen molar-refractivity contribution in [2.45, 2.75) is 13.8 Å². The molecule has 2 aromatic carbocycles. The highest BCUT2D eigenvalue weighted by Gasteiger charge is 2.32. The number of nitrogens with zero attached hydrogens (tertiary/aromatic N) is 2. The number of aliphatic imine (C=N–C) groups is 1. The Morgan fingerprint density at radius 2 is 2.07 bits per heavy atom. The number of likely N-dealkylation sites (N-methyl/N-ethyl adjacent to an activating group) is 1. The van der Waals surface area contributed by atoms with E-state index in [-0.39, 0.29) is 17.2 Å². The lowest BCUT2D eigenvalue weighted by Crippen LogP contribution is -2.28. The summed E-state index contributed by atoms with van der Waals surface area (Å²) in [5, 5.41) is 19.7. The van der Waals surface area contributed by atoms with Crippen LogP contribution in [0.4, 0.5) is 5.69 Å². The number of rotatable bonds is 6. The van der Waals surface area contributed by atoms with Crippen LogP contribution in [0.25, 0.3) is 6.08 Å². The Hall–Kier alpha value is -2.78. The molecule has 0 aliphatic carbocycles. The van der Waals surface area contributed by atoms with E-state index in [1.807, 2.05) is 13.8 Å². The molecule has 9 heteroatoms. The number of hydrogen-bond donors (Lipinski definition) is 2. The summed E-state index contributed by atoms with van der Waals surface area (Å²) >= 11 is 4.50. The van der Waals surface area contributed by atoms with Crippen LogP contribution in [0, 0.1) is 0 Å². The third-order valence-electron chi connectivity index (χ3n) is 4.17. The number of carboxylic acid groups (broad SMARTS) is 1. The number of aromatic carboxylic acids is 1. The van der Waals surface area contributed by atoms with Gasteiger partial charge in [0.2, 0.25) is 0 Å². The van der Waals surface area contributed by atoms with E-state index in [1.165, 1.54) is 28.8 Å². The lowest BCUT2D eigenvalue weighted by molar-refractivity contribution is -0.122. The van der Waals surface area contributed by atoms with Crippen molar-refractivity contribution in [1.29, 1.82) is 0 Å². The van der Waals surface area contributed by atoms with Crippen molar-refractivity contribution in [3.63, 3.8) is 0 Å². The zero-order valence-electron chi connectivity index (χ0n) is 16.3. The minimum Gasteiger partial charge on any atom is -0.503 e. The van der Waals surface area contributed by atoms with Crippen molar-refractivity contribution in [3.05, 3.63) is 56.9 Å². The van der Waals surface area contributed by atoms with E-state index in [0.717, 1.165) is 0 Å². The molecule has 0 bridgehead atoms. The van der Waals surface area contributed by atoms with Crippen LogP contribution >= 0.6 is 27.7 Å². The van der Waals surface area contributed by atoms with Crippen LogP contribution < -0.4 is 4.74 Å². The number of carbonyl (C=O) groups excluding carboxylic acids is 1. The second-order valence-corrected chi connectivity index (χ2v) is 8.06. The number of benzene rings is 2. The monoisotopic (exact) mass is 490 g/mol. The number of aromatic hydroxyl groups is 1. The molecular formula is C21H19BrN2O5S. The number of amides is 1. The predicted octanol–water partition coefficient (Wildman–Crippen LogP) is 4.88. The van der Waals surface area contributed by atoms with Crippen LogP contribution in [0.5, 0.6) is 11.5 Å². The molecule has 7 nitrogen and oxygen atoms in total. The smallest absolute Gasteiger partial charge is 0.335 e. The van der Waals surface area contributed by atoms with Gasteiger partial charge in [0.1, 0.15) is 0 Å². The van der Waals surface area contributed by atoms with Gasteiger partial charge in [0.15, 0.2) is 16.7 Å². The van der Waals surface area contributed by atoms with E-state index in [0.29, 0.717) is 44.7 Å². The zero-order chi connectivity index (χ0) is 21.8. The van der Waals surface area contributed by atoms with Gasteiger partial charge < -0.3 is 14.9 Å². The molecule has 1 fully saturated rings. The van der Waals surface area contributed by atoms with E-state index >= 15 is 0 Å². The number of carboxylic acids is 1. The number of amidine groups is 1. The van der Waals surface area contributed by atoms with E-state index in [1.54, 1.807) is 30.3 Å². The van der Waals surface area contributed by atoms with Gasteiger partial charge in [-0.15, -0.1) is 0 Å². The Balaban J connectivity index is 1.96. The molecule has 3 rings (SSSR count). The summed E-state index contributed by atoms with van der Waals surface area (Å²) in [5.74, 6) is -0.915. The molecular weight excluding hydrogens is 472 g/mol. The van der Waals surface area contributed by atoms with E-state index < -0.39 is 5.97 Å². The number of ether oxygens (including phenoxy) is 1. The largest absolute Gasteiger partial charge is 0.503 e. The molecule has 1 amide bonds. The number of phenolic OH excluding ortho intramolecular Hbond substituents is 1. The van der Waals surface area contributed by atoms with Crippen molar-refractivity contribution in [2.24, 2.45) is 4.99 Å². The molecule has 0 radical (unpaired) electrons. The molecule has 2 aromatic rings. The summed E-state index contributed by atoms with van der Waals surface area (Å²) in [5.41, 5.74) is 1.27. The van der Waals surface area contributed by atoms with Crippen molar-refractivity contribution >= 4 is 56.5 Å². The quantitative estimate of drug-likeness (QED) is 0.560. The highest BCUT2D eigenvalue weighted by molar-refractivity contribution is 9.10. The Morgan fingerprint density at radius 1 is 1.30 bits per heavy atom. The van der Waals surface area contributed by atoms with Crippen molar-refractivity contribution in [3.8, 4) is 11.5 Å². The van der Waals surface area contributed by atoms with Gasteiger partial charge >= 0.3 is 5.97 Å². The van der Waals surface area contributed by atoms with Gasteiger partial charge in [0.05, 0.1) is 27.2 Å². The molecule has 30 heavy (non-hydrogen) atoms. The highest BCUT2D eigenvalue weighted by atomic mass is 79.9. The van der Waals surface area contributed by atoms with Crippen LogP contribution in [-0.2, 0) is 4.79 Å². The minimum absolute atomic E-state index is 0.000139. The molecule has 2 N–H and O–H groups in total. The van der Waals surface area contributed by atoms with Crippen molar-refractivity contribution in [2.75, 3.05) is 13.2 Å². The second-order valence-electron chi connectivity index (χ2n) is 6.19. The third kappa shape index (κ3) is 4.68. The topological polar surface area (TPSA) is 99.4 Å². The first-order chi connectivity index (χ1) is 14.3. The summed E-state index contributed by atoms with van der Waals surface area (Å²) in [4.78, 5) is 30.5. The Kier molecular flexibility index (Phi) is 6.84. The van der Waals surface area contributed by atoms with Gasteiger partial charge in [-0.3, -0.25) is 9.69 Å². The number of halogens is 1. The van der Waals surface area contributed by atoms with Gasteiger partial charge in [-0.25, -0.2) is 9.79 Å². The maximum absolute atomic E-state index is 12.8. The molecule has 0 spiro atoms. The second kappa shape index (κ2) is 9.36. The van der Waals surface area contributed by atoms with E-state index in [2.05, 4.69) is 20.9 Å². The average molecular weight is 491 g/mol.